The van der Waals surface area contributed by atoms with E-state index in [0.717, 1.165) is 13.8 Å². The molecule has 9 heteroatoms. The smallest absolute Gasteiger partial charge is 0.303 e. The van der Waals surface area contributed by atoms with E-state index in [2.05, 4.69) is 0 Å². The molecular formula is C12H19NO8. The molecule has 9 nitrogen and oxygen atoms in total. The summed E-state index contributed by atoms with van der Waals surface area (Å²) >= 11 is 0. The van der Waals surface area contributed by atoms with Gasteiger partial charge in [0.1, 0.15) is 12.7 Å². The third-order valence-corrected chi connectivity index (χ3v) is 2.77. The Morgan fingerprint density at radius 3 is 2.05 bits per heavy atom. The first-order valence-electron chi connectivity index (χ1n) is 6.29. The summed E-state index contributed by atoms with van der Waals surface area (Å²) in [5.41, 5.74) is 5.70. The van der Waals surface area contributed by atoms with E-state index in [1.54, 1.807) is 0 Å². The molecule has 120 valence electrons. The molecule has 0 spiro atoms. The number of esters is 3. The van der Waals surface area contributed by atoms with Crippen LogP contribution in [0.3, 0.4) is 0 Å². The largest absolute Gasteiger partial charge is 0.463 e. The molecule has 0 bridgehead atoms. The molecule has 0 unspecified atom stereocenters. The molecule has 3 N–H and O–H groups in total. The summed E-state index contributed by atoms with van der Waals surface area (Å²) in [6.07, 6.45) is -4.67. The lowest BCUT2D eigenvalue weighted by Gasteiger charge is -2.41. The second-order valence-corrected chi connectivity index (χ2v) is 4.59. The quantitative estimate of drug-likeness (QED) is 0.468. The van der Waals surface area contributed by atoms with Crippen LogP contribution in [0.15, 0.2) is 0 Å². The summed E-state index contributed by atoms with van der Waals surface area (Å²) in [5, 5.41) is 9.73. The van der Waals surface area contributed by atoms with Crippen LogP contribution in [0.2, 0.25) is 0 Å². The molecule has 1 aliphatic rings. The first kappa shape index (κ1) is 17.3. The van der Waals surface area contributed by atoms with Gasteiger partial charge in [0.05, 0.1) is 6.04 Å². The first-order chi connectivity index (χ1) is 9.72. The molecule has 0 aromatic rings. The molecule has 1 fully saturated rings. The summed E-state index contributed by atoms with van der Waals surface area (Å²) in [6.45, 7) is 3.22. The Morgan fingerprint density at radius 1 is 1.05 bits per heavy atom. The number of rotatable bonds is 4. The first-order valence-corrected chi connectivity index (χ1v) is 6.29. The standard InChI is InChI=1S/C12H19NO8/c1-5(14)18-4-8-10(19-6(2)15)11(20-7(3)16)9(13)12(17)21-8/h8-12,17H,4,13H2,1-3H3/t8-,9+,10+,11-,12+/m1/s1. The van der Waals surface area contributed by atoms with Gasteiger partial charge in [0.2, 0.25) is 0 Å². The van der Waals surface area contributed by atoms with Crippen LogP contribution in [0.1, 0.15) is 20.8 Å². The molecular weight excluding hydrogens is 286 g/mol. The van der Waals surface area contributed by atoms with Crippen LogP contribution in [-0.2, 0) is 33.3 Å². The summed E-state index contributed by atoms with van der Waals surface area (Å²) in [7, 11) is 0. The van der Waals surface area contributed by atoms with Crippen molar-refractivity contribution in [3.63, 3.8) is 0 Å². The van der Waals surface area contributed by atoms with E-state index in [4.69, 9.17) is 24.7 Å². The lowest BCUT2D eigenvalue weighted by molar-refractivity contribution is -0.260. The van der Waals surface area contributed by atoms with E-state index < -0.39 is 48.6 Å². The van der Waals surface area contributed by atoms with E-state index in [0.29, 0.717) is 0 Å². The average molecular weight is 305 g/mol. The number of aliphatic hydroxyl groups excluding tert-OH is 1. The van der Waals surface area contributed by atoms with Crippen LogP contribution in [0.4, 0.5) is 0 Å². The van der Waals surface area contributed by atoms with Crippen LogP contribution in [0.5, 0.6) is 0 Å². The molecule has 5 atom stereocenters. The topological polar surface area (TPSA) is 134 Å². The Morgan fingerprint density at radius 2 is 1.57 bits per heavy atom. The molecule has 0 radical (unpaired) electrons. The van der Waals surface area contributed by atoms with Gasteiger partial charge in [0.25, 0.3) is 0 Å². The summed E-state index contributed by atoms with van der Waals surface area (Å²) in [5.74, 6) is -1.89. The van der Waals surface area contributed by atoms with Gasteiger partial charge in [0.15, 0.2) is 18.5 Å². The van der Waals surface area contributed by atoms with Gasteiger partial charge in [-0.1, -0.05) is 0 Å². The van der Waals surface area contributed by atoms with Crippen molar-refractivity contribution in [1.29, 1.82) is 0 Å². The van der Waals surface area contributed by atoms with Crippen LogP contribution < -0.4 is 5.73 Å². The van der Waals surface area contributed by atoms with E-state index >= 15 is 0 Å². The zero-order chi connectivity index (χ0) is 16.2. The van der Waals surface area contributed by atoms with Gasteiger partial charge < -0.3 is 29.8 Å². The second-order valence-electron chi connectivity index (χ2n) is 4.59. The predicted octanol–water partition coefficient (Wildman–Crippen LogP) is -1.54. The number of nitrogens with two attached hydrogens (primary N) is 1. The minimum absolute atomic E-state index is 0.283. The Labute approximate surface area is 121 Å². The fourth-order valence-electron chi connectivity index (χ4n) is 1.95. The lowest BCUT2D eigenvalue weighted by Crippen LogP contribution is -2.64. The van der Waals surface area contributed by atoms with E-state index in [9.17, 15) is 19.5 Å². The highest BCUT2D eigenvalue weighted by Crippen LogP contribution is 2.24. The van der Waals surface area contributed by atoms with Crippen molar-refractivity contribution < 1.29 is 38.4 Å². The number of aliphatic hydroxyl groups is 1. The van der Waals surface area contributed by atoms with Crippen molar-refractivity contribution >= 4 is 17.9 Å². The van der Waals surface area contributed by atoms with Gasteiger partial charge >= 0.3 is 17.9 Å². The summed E-state index contributed by atoms with van der Waals surface area (Å²) in [4.78, 5) is 33.2. The van der Waals surface area contributed by atoms with Crippen LogP contribution in [-0.4, -0.2) is 60.3 Å². The summed E-state index contributed by atoms with van der Waals surface area (Å²) < 4.78 is 20.0. The molecule has 1 heterocycles. The van der Waals surface area contributed by atoms with Crippen molar-refractivity contribution in [2.24, 2.45) is 5.73 Å². The maximum absolute atomic E-state index is 11.2. The van der Waals surface area contributed by atoms with Gasteiger partial charge in [-0.25, -0.2) is 0 Å². The molecule has 21 heavy (non-hydrogen) atoms. The summed E-state index contributed by atoms with van der Waals surface area (Å²) in [6, 6.07) is -1.10. The van der Waals surface area contributed by atoms with Crippen molar-refractivity contribution in [3.8, 4) is 0 Å². The average Bonchev–Trinajstić information content (AvgIpc) is 2.35. The van der Waals surface area contributed by atoms with Gasteiger partial charge in [-0.2, -0.15) is 0 Å². The normalized spacial score (nSPS) is 32.1. The molecule has 1 saturated heterocycles. The maximum Gasteiger partial charge on any atom is 0.303 e. The van der Waals surface area contributed by atoms with Gasteiger partial charge in [0, 0.05) is 20.8 Å². The lowest BCUT2D eigenvalue weighted by atomic mass is 9.97. The highest BCUT2D eigenvalue weighted by atomic mass is 16.7. The Kier molecular flexibility index (Phi) is 6.06. The van der Waals surface area contributed by atoms with Gasteiger partial charge in [-0.3, -0.25) is 14.4 Å². The highest BCUT2D eigenvalue weighted by molar-refractivity contribution is 5.67. The van der Waals surface area contributed by atoms with E-state index in [1.807, 2.05) is 0 Å². The van der Waals surface area contributed by atoms with Crippen molar-refractivity contribution in [3.05, 3.63) is 0 Å². The van der Waals surface area contributed by atoms with Crippen molar-refractivity contribution in [2.45, 2.75) is 51.4 Å². The van der Waals surface area contributed by atoms with Crippen LogP contribution in [0.25, 0.3) is 0 Å². The predicted molar refractivity (Wildman–Crippen MR) is 66.6 cm³/mol. The molecule has 0 aromatic carbocycles. The van der Waals surface area contributed by atoms with Crippen LogP contribution in [0, 0.1) is 0 Å². The Bertz CT molecular complexity index is 412. The number of ether oxygens (including phenoxy) is 4. The second kappa shape index (κ2) is 7.34. The minimum Gasteiger partial charge on any atom is -0.463 e. The van der Waals surface area contributed by atoms with E-state index in [1.165, 1.54) is 6.92 Å². The third kappa shape index (κ3) is 4.96. The number of carbonyl (C=O) groups excluding carboxylic acids is 3. The molecule has 1 rings (SSSR count). The number of hydrogen-bond acceptors (Lipinski definition) is 9. The zero-order valence-corrected chi connectivity index (χ0v) is 12.0. The Hall–Kier alpha value is -1.71. The SMILES string of the molecule is CC(=O)OC[C@H]1O[C@H](O)[C@@H](N)[C@@H](OC(C)=O)[C@H]1OC(C)=O. The molecule has 0 amide bonds. The number of carbonyl (C=O) groups is 3. The van der Waals surface area contributed by atoms with E-state index in [-0.39, 0.29) is 6.61 Å². The molecule has 0 aliphatic carbocycles. The molecule has 0 saturated carbocycles. The molecule has 0 aromatic heterocycles. The fourth-order valence-corrected chi connectivity index (χ4v) is 1.95. The van der Waals surface area contributed by atoms with Crippen LogP contribution >= 0.6 is 0 Å². The van der Waals surface area contributed by atoms with Gasteiger partial charge in [-0.05, 0) is 0 Å². The van der Waals surface area contributed by atoms with Crippen molar-refractivity contribution in [2.75, 3.05) is 6.61 Å². The zero-order valence-electron chi connectivity index (χ0n) is 12.0. The molecule has 1 aliphatic heterocycles. The minimum atomic E-state index is -1.46. The number of hydrogen-bond donors (Lipinski definition) is 2. The maximum atomic E-state index is 11.2. The van der Waals surface area contributed by atoms with Crippen molar-refractivity contribution in [1.82, 2.24) is 0 Å². The monoisotopic (exact) mass is 305 g/mol. The van der Waals surface area contributed by atoms with Gasteiger partial charge in [-0.15, -0.1) is 0 Å². The highest BCUT2D eigenvalue weighted by Gasteiger charge is 2.48. The fraction of sp³-hybridized carbons (Fsp3) is 0.750. The Balaban J connectivity index is 2.94. The third-order valence-electron chi connectivity index (χ3n) is 2.77.